The van der Waals surface area contributed by atoms with E-state index in [0.29, 0.717) is 5.92 Å². The molecule has 0 spiro atoms. The van der Waals surface area contributed by atoms with Gasteiger partial charge in [-0.05, 0) is 43.6 Å². The van der Waals surface area contributed by atoms with Gasteiger partial charge in [0.05, 0.1) is 0 Å². The number of nitrogens with zero attached hydrogens (tertiary/aromatic N) is 2. The van der Waals surface area contributed by atoms with Crippen LogP contribution in [0, 0.1) is 0 Å². The highest BCUT2D eigenvalue weighted by molar-refractivity contribution is 5.48. The average molecular weight is 247 g/mol. The lowest BCUT2D eigenvalue weighted by Crippen LogP contribution is -2.29. The van der Waals surface area contributed by atoms with Crippen LogP contribution < -0.4 is 10.6 Å². The van der Waals surface area contributed by atoms with Crippen molar-refractivity contribution in [2.45, 2.75) is 18.8 Å². The molecule has 1 saturated heterocycles. The number of nitrogens with two attached hydrogens (primary N) is 1. The van der Waals surface area contributed by atoms with Crippen LogP contribution in [0.3, 0.4) is 0 Å². The van der Waals surface area contributed by atoms with Crippen LogP contribution in [0.1, 0.15) is 24.3 Å². The monoisotopic (exact) mass is 247 g/mol. The molecular weight excluding hydrogens is 222 g/mol. The van der Waals surface area contributed by atoms with E-state index < -0.39 is 0 Å². The summed E-state index contributed by atoms with van der Waals surface area (Å²) in [6.07, 6.45) is 2.68. The Balaban J connectivity index is 2.08. The van der Waals surface area contributed by atoms with Crippen molar-refractivity contribution in [1.29, 1.82) is 0 Å². The summed E-state index contributed by atoms with van der Waals surface area (Å²) in [5.74, 6) is 0.461. The number of rotatable bonds is 5. The van der Waals surface area contributed by atoms with Gasteiger partial charge in [-0.3, -0.25) is 0 Å². The molecule has 0 aliphatic carbocycles. The molecule has 0 aromatic heterocycles. The smallest absolute Gasteiger partial charge is 0.0363 e. The Morgan fingerprint density at radius 2 is 2.00 bits per heavy atom. The minimum atomic E-state index is 0.461. The minimum absolute atomic E-state index is 0.461. The van der Waals surface area contributed by atoms with Crippen molar-refractivity contribution in [2.75, 3.05) is 45.2 Å². The maximum atomic E-state index is 5.97. The molecule has 1 heterocycles. The lowest BCUT2D eigenvalue weighted by molar-refractivity contribution is 0.315. The largest absolute Gasteiger partial charge is 0.378 e. The standard InChI is InChI=1S/C15H25N3/c1-17(2)15-7-5-6-13(10-15)14(11-16)12-18-8-3-4-9-18/h5-7,10,14H,3-4,8-9,11-12,16H2,1-2H3. The van der Waals surface area contributed by atoms with Crippen molar-refractivity contribution < 1.29 is 0 Å². The van der Waals surface area contributed by atoms with E-state index in [1.807, 2.05) is 0 Å². The van der Waals surface area contributed by atoms with Crippen molar-refractivity contribution in [3.05, 3.63) is 29.8 Å². The fourth-order valence-electron chi connectivity index (χ4n) is 2.65. The first-order chi connectivity index (χ1) is 8.70. The third-order valence-corrected chi connectivity index (χ3v) is 3.82. The summed E-state index contributed by atoms with van der Waals surface area (Å²) in [7, 11) is 4.16. The van der Waals surface area contributed by atoms with Gasteiger partial charge in [0.25, 0.3) is 0 Å². The first-order valence-electron chi connectivity index (χ1n) is 6.90. The van der Waals surface area contributed by atoms with Crippen LogP contribution in [0.15, 0.2) is 24.3 Å². The molecule has 0 saturated carbocycles. The molecule has 0 bridgehead atoms. The summed E-state index contributed by atoms with van der Waals surface area (Å²) in [5.41, 5.74) is 8.60. The molecule has 1 atom stereocenters. The maximum Gasteiger partial charge on any atom is 0.0363 e. The molecule has 1 aliphatic heterocycles. The Kier molecular flexibility index (Phi) is 4.61. The highest BCUT2D eigenvalue weighted by Crippen LogP contribution is 2.22. The molecule has 1 unspecified atom stereocenters. The number of benzene rings is 1. The van der Waals surface area contributed by atoms with Crippen LogP contribution in [0.2, 0.25) is 0 Å². The predicted molar refractivity (Wildman–Crippen MR) is 78.2 cm³/mol. The Morgan fingerprint density at radius 3 is 2.61 bits per heavy atom. The van der Waals surface area contributed by atoms with Crippen molar-refractivity contribution in [1.82, 2.24) is 4.90 Å². The average Bonchev–Trinajstić information content (AvgIpc) is 2.89. The van der Waals surface area contributed by atoms with Crippen molar-refractivity contribution in [3.63, 3.8) is 0 Å². The summed E-state index contributed by atoms with van der Waals surface area (Å²) < 4.78 is 0. The van der Waals surface area contributed by atoms with Crippen LogP contribution in [-0.2, 0) is 0 Å². The predicted octanol–water partition coefficient (Wildman–Crippen LogP) is 1.89. The fraction of sp³-hybridized carbons (Fsp3) is 0.600. The second-order valence-electron chi connectivity index (χ2n) is 5.43. The summed E-state index contributed by atoms with van der Waals surface area (Å²) >= 11 is 0. The van der Waals surface area contributed by atoms with Crippen LogP contribution in [0.5, 0.6) is 0 Å². The number of hydrogen-bond acceptors (Lipinski definition) is 3. The van der Waals surface area contributed by atoms with Crippen molar-refractivity contribution >= 4 is 5.69 Å². The van der Waals surface area contributed by atoms with Gasteiger partial charge in [0.15, 0.2) is 0 Å². The van der Waals surface area contributed by atoms with E-state index in [9.17, 15) is 0 Å². The van der Waals surface area contributed by atoms with Crippen molar-refractivity contribution in [2.24, 2.45) is 5.73 Å². The van der Waals surface area contributed by atoms with Crippen LogP contribution >= 0.6 is 0 Å². The van der Waals surface area contributed by atoms with E-state index in [2.05, 4.69) is 48.2 Å². The second kappa shape index (κ2) is 6.21. The summed E-state index contributed by atoms with van der Waals surface area (Å²) in [6.45, 7) is 4.31. The van der Waals surface area contributed by atoms with Gasteiger partial charge >= 0.3 is 0 Å². The lowest BCUT2D eigenvalue weighted by atomic mass is 9.98. The van der Waals surface area contributed by atoms with Gasteiger partial charge in [-0.15, -0.1) is 0 Å². The van der Waals surface area contributed by atoms with Crippen molar-refractivity contribution in [3.8, 4) is 0 Å². The third kappa shape index (κ3) is 3.24. The molecule has 1 fully saturated rings. The maximum absolute atomic E-state index is 5.97. The number of anilines is 1. The quantitative estimate of drug-likeness (QED) is 0.862. The Morgan fingerprint density at radius 1 is 1.28 bits per heavy atom. The molecule has 100 valence electrons. The zero-order valence-corrected chi connectivity index (χ0v) is 11.6. The highest BCUT2D eigenvalue weighted by atomic mass is 15.1. The molecule has 3 nitrogen and oxygen atoms in total. The van der Waals surface area contributed by atoms with Gasteiger partial charge in [-0.2, -0.15) is 0 Å². The number of likely N-dealkylation sites (tertiary alicyclic amines) is 1. The van der Waals surface area contributed by atoms with E-state index >= 15 is 0 Å². The van der Waals surface area contributed by atoms with E-state index in [4.69, 9.17) is 5.73 Å². The molecule has 2 N–H and O–H groups in total. The molecule has 2 rings (SSSR count). The van der Waals surface area contributed by atoms with Gasteiger partial charge < -0.3 is 15.5 Å². The first kappa shape index (κ1) is 13.4. The van der Waals surface area contributed by atoms with Gasteiger partial charge in [0.1, 0.15) is 0 Å². The van der Waals surface area contributed by atoms with E-state index in [0.717, 1.165) is 13.1 Å². The number of hydrogen-bond donors (Lipinski definition) is 1. The van der Waals surface area contributed by atoms with Crippen LogP contribution in [0.25, 0.3) is 0 Å². The zero-order valence-electron chi connectivity index (χ0n) is 11.6. The molecule has 18 heavy (non-hydrogen) atoms. The molecular formula is C15H25N3. The molecule has 0 radical (unpaired) electrons. The van der Waals surface area contributed by atoms with Gasteiger partial charge in [0.2, 0.25) is 0 Å². The first-order valence-corrected chi connectivity index (χ1v) is 6.90. The van der Waals surface area contributed by atoms with Crippen LogP contribution in [0.4, 0.5) is 5.69 Å². The molecule has 1 aliphatic rings. The molecule has 1 aromatic rings. The van der Waals surface area contributed by atoms with Gasteiger partial charge in [0, 0.05) is 38.8 Å². The zero-order chi connectivity index (χ0) is 13.0. The molecule has 1 aromatic carbocycles. The molecule has 3 heteroatoms. The summed E-state index contributed by atoms with van der Waals surface area (Å²) in [6, 6.07) is 8.76. The van der Waals surface area contributed by atoms with Crippen LogP contribution in [-0.4, -0.2) is 45.2 Å². The van der Waals surface area contributed by atoms with Gasteiger partial charge in [-0.1, -0.05) is 12.1 Å². The Labute approximate surface area is 111 Å². The molecule has 0 amide bonds. The van der Waals surface area contributed by atoms with E-state index in [1.165, 1.54) is 37.2 Å². The minimum Gasteiger partial charge on any atom is -0.378 e. The Hall–Kier alpha value is -1.06. The van der Waals surface area contributed by atoms with E-state index in [1.54, 1.807) is 0 Å². The van der Waals surface area contributed by atoms with E-state index in [-0.39, 0.29) is 0 Å². The summed E-state index contributed by atoms with van der Waals surface area (Å²) in [4.78, 5) is 4.69. The normalized spacial score (nSPS) is 17.9. The lowest BCUT2D eigenvalue weighted by Gasteiger charge is -2.24. The fourth-order valence-corrected chi connectivity index (χ4v) is 2.65. The SMILES string of the molecule is CN(C)c1cccc(C(CN)CN2CCCC2)c1. The highest BCUT2D eigenvalue weighted by Gasteiger charge is 2.18. The second-order valence-corrected chi connectivity index (χ2v) is 5.43. The summed E-state index contributed by atoms with van der Waals surface area (Å²) in [5, 5.41) is 0. The topological polar surface area (TPSA) is 32.5 Å². The third-order valence-electron chi connectivity index (χ3n) is 3.82. The Bertz CT molecular complexity index is 370. The van der Waals surface area contributed by atoms with Gasteiger partial charge in [-0.25, -0.2) is 0 Å².